The number of carbonyl (C=O) groups excluding carboxylic acids is 1. The van der Waals surface area contributed by atoms with Crippen molar-refractivity contribution in [2.75, 3.05) is 0 Å². The zero-order chi connectivity index (χ0) is 24.1. The molecule has 5 nitrogen and oxygen atoms in total. The molecule has 0 aromatic heterocycles. The van der Waals surface area contributed by atoms with Gasteiger partial charge in [0.1, 0.15) is 11.4 Å². The highest BCUT2D eigenvalue weighted by Crippen LogP contribution is 2.38. The zero-order valence-corrected chi connectivity index (χ0v) is 20.4. The Hall–Kier alpha value is -2.57. The van der Waals surface area contributed by atoms with Gasteiger partial charge in [0.15, 0.2) is 5.54 Å². The molecule has 2 aromatic rings. The van der Waals surface area contributed by atoms with Crippen LogP contribution in [0.5, 0.6) is 0 Å². The summed E-state index contributed by atoms with van der Waals surface area (Å²) >= 11 is 0. The van der Waals surface area contributed by atoms with E-state index in [1.165, 1.54) is 0 Å². The maximum atomic E-state index is 14.3. The van der Waals surface area contributed by atoms with E-state index in [9.17, 15) is 15.2 Å². The van der Waals surface area contributed by atoms with Gasteiger partial charge in [-0.2, -0.15) is 0 Å². The molecule has 5 atom stereocenters. The topological polar surface area (TPSA) is 72.1 Å². The molecule has 0 bridgehead atoms. The minimum Gasteiger partial charge on any atom is -0.628 e. The summed E-state index contributed by atoms with van der Waals surface area (Å²) in [6, 6.07) is 12.4. The van der Waals surface area contributed by atoms with E-state index in [1.807, 2.05) is 77.1 Å². The van der Waals surface area contributed by atoms with Gasteiger partial charge >= 0.3 is 0 Å². The normalized spacial score (nSPS) is 27.2. The third-order valence-electron chi connectivity index (χ3n) is 7.36. The van der Waals surface area contributed by atoms with E-state index in [2.05, 4.69) is 13.0 Å². The van der Waals surface area contributed by atoms with Crippen molar-refractivity contribution in [2.24, 2.45) is 5.92 Å². The van der Waals surface area contributed by atoms with E-state index in [0.29, 0.717) is 17.3 Å². The molecule has 0 spiro atoms. The van der Waals surface area contributed by atoms with Crippen LogP contribution >= 0.6 is 0 Å². The van der Waals surface area contributed by atoms with Crippen LogP contribution in [-0.2, 0) is 10.3 Å². The molecule has 2 aliphatic rings. The largest absolute Gasteiger partial charge is 0.628 e. The number of aryl methyl sites for hydroxylation is 3. The summed E-state index contributed by atoms with van der Waals surface area (Å²) < 4.78 is 0. The predicted molar refractivity (Wildman–Crippen MR) is 131 cm³/mol. The van der Waals surface area contributed by atoms with Crippen molar-refractivity contribution in [3.63, 3.8) is 0 Å². The number of carbonyl (C=O) groups is 1. The lowest BCUT2D eigenvalue weighted by Gasteiger charge is -2.55. The minimum atomic E-state index is -1.17. The number of nitrogens with one attached hydrogen (secondary N) is 2. The first-order valence-corrected chi connectivity index (χ1v) is 11.7. The van der Waals surface area contributed by atoms with Crippen molar-refractivity contribution in [1.82, 2.24) is 0 Å². The number of rotatable bonds is 5. The van der Waals surface area contributed by atoms with Crippen molar-refractivity contribution in [3.05, 3.63) is 98.1 Å². The zero-order valence-electron chi connectivity index (χ0n) is 20.4. The molecule has 0 aliphatic heterocycles. The summed E-state index contributed by atoms with van der Waals surface area (Å²) in [5, 5.41) is 28.0. The molecule has 0 saturated heterocycles. The van der Waals surface area contributed by atoms with Gasteiger partial charge in [-0.3, -0.25) is 4.79 Å². The first-order valence-electron chi connectivity index (χ1n) is 11.7. The number of allylic oxidation sites excluding steroid dienone is 3. The van der Waals surface area contributed by atoms with Crippen molar-refractivity contribution in [1.29, 1.82) is 0 Å². The Bertz CT molecular complexity index is 1130. The SMILES string of the molecule is CC1=CC(C)CC(C)=C1[NH+]([O-])[C@@H]1C(=O)CC1(c1ccccc1)[NH+]([O-])c1c(C)cc(C)cc1C. The predicted octanol–water partition coefficient (Wildman–Crippen LogP) is 3.51. The van der Waals surface area contributed by atoms with Gasteiger partial charge in [-0.25, -0.2) is 0 Å². The molecule has 5 heteroatoms. The van der Waals surface area contributed by atoms with Gasteiger partial charge in [0, 0.05) is 22.3 Å². The third kappa shape index (κ3) is 3.79. The van der Waals surface area contributed by atoms with E-state index >= 15 is 0 Å². The third-order valence-corrected chi connectivity index (χ3v) is 7.36. The average molecular weight is 447 g/mol. The first-order chi connectivity index (χ1) is 15.6. The maximum Gasteiger partial charge on any atom is 0.212 e. The summed E-state index contributed by atoms with van der Waals surface area (Å²) in [5.74, 6) is 0.211. The van der Waals surface area contributed by atoms with E-state index in [-0.39, 0.29) is 22.3 Å². The molecule has 2 aromatic carbocycles. The van der Waals surface area contributed by atoms with E-state index < -0.39 is 11.6 Å². The molecule has 2 N–H and O–H groups in total. The second kappa shape index (κ2) is 8.65. The van der Waals surface area contributed by atoms with Crippen LogP contribution in [0.1, 0.15) is 55.9 Å². The van der Waals surface area contributed by atoms with E-state index in [1.54, 1.807) is 0 Å². The fourth-order valence-electron chi connectivity index (χ4n) is 6.14. The molecule has 33 heavy (non-hydrogen) atoms. The van der Waals surface area contributed by atoms with Crippen LogP contribution in [0.25, 0.3) is 0 Å². The average Bonchev–Trinajstić information content (AvgIpc) is 2.70. The number of hydroxylamine groups is 3. The van der Waals surface area contributed by atoms with Crippen LogP contribution in [0.2, 0.25) is 0 Å². The highest BCUT2D eigenvalue weighted by molar-refractivity contribution is 5.92. The van der Waals surface area contributed by atoms with Crippen LogP contribution in [-0.4, -0.2) is 11.8 Å². The Labute approximate surface area is 196 Å². The van der Waals surface area contributed by atoms with Gasteiger partial charge in [0.25, 0.3) is 0 Å². The summed E-state index contributed by atoms with van der Waals surface area (Å²) in [5.41, 5.74) is 5.62. The number of quaternary nitrogens is 2. The van der Waals surface area contributed by atoms with Crippen molar-refractivity contribution >= 4 is 11.5 Å². The van der Waals surface area contributed by atoms with Crippen molar-refractivity contribution in [3.8, 4) is 0 Å². The van der Waals surface area contributed by atoms with Gasteiger partial charge in [-0.1, -0.05) is 61.0 Å². The number of benzene rings is 2. The second-order valence-electron chi connectivity index (χ2n) is 10.1. The molecular formula is C28H34N2O3. The molecule has 2 aliphatic carbocycles. The summed E-state index contributed by atoms with van der Waals surface area (Å²) in [6.45, 7) is 11.9. The molecule has 0 radical (unpaired) electrons. The lowest BCUT2D eigenvalue weighted by molar-refractivity contribution is -0.930. The van der Waals surface area contributed by atoms with Gasteiger partial charge in [0.05, 0.1) is 6.42 Å². The molecule has 174 valence electrons. The van der Waals surface area contributed by atoms with Crippen LogP contribution in [0.4, 0.5) is 5.69 Å². The lowest BCUT2D eigenvalue weighted by atomic mass is 9.65. The van der Waals surface area contributed by atoms with Crippen molar-refractivity contribution < 1.29 is 14.9 Å². The number of hydrogen-bond donors (Lipinski definition) is 2. The molecule has 4 rings (SSSR count). The highest BCUT2D eigenvalue weighted by atomic mass is 16.5. The highest BCUT2D eigenvalue weighted by Gasteiger charge is 2.66. The Kier molecular flexibility index (Phi) is 6.18. The smallest absolute Gasteiger partial charge is 0.212 e. The molecule has 0 heterocycles. The summed E-state index contributed by atoms with van der Waals surface area (Å²) in [4.78, 5) is 13.1. The van der Waals surface area contributed by atoms with Gasteiger partial charge in [-0.15, -0.1) is 0 Å². The van der Waals surface area contributed by atoms with Crippen LogP contribution < -0.4 is 10.1 Å². The fourth-order valence-corrected chi connectivity index (χ4v) is 6.14. The van der Waals surface area contributed by atoms with E-state index in [4.69, 9.17) is 0 Å². The molecule has 1 saturated carbocycles. The van der Waals surface area contributed by atoms with E-state index in [0.717, 1.165) is 39.8 Å². The number of Topliss-reactive ketones (excluding diaryl/α,β-unsaturated/α-hetero) is 1. The Balaban J connectivity index is 1.88. The fraction of sp³-hybridized carbons (Fsp3) is 0.393. The number of hydrogen-bond acceptors (Lipinski definition) is 3. The quantitative estimate of drug-likeness (QED) is 0.691. The van der Waals surface area contributed by atoms with Crippen LogP contribution in [0.15, 0.2) is 65.4 Å². The Morgan fingerprint density at radius 1 is 0.970 bits per heavy atom. The molecule has 4 unspecified atom stereocenters. The minimum absolute atomic E-state index is 0.0600. The first kappa shape index (κ1) is 23.6. The summed E-state index contributed by atoms with van der Waals surface area (Å²) in [7, 11) is 0. The Morgan fingerprint density at radius 3 is 2.12 bits per heavy atom. The van der Waals surface area contributed by atoms with Gasteiger partial charge in [0.2, 0.25) is 11.8 Å². The second-order valence-corrected chi connectivity index (χ2v) is 10.1. The molecule has 1 fully saturated rings. The monoisotopic (exact) mass is 446 g/mol. The Morgan fingerprint density at radius 2 is 1.58 bits per heavy atom. The van der Waals surface area contributed by atoms with Crippen LogP contribution in [0, 0.1) is 37.1 Å². The van der Waals surface area contributed by atoms with Crippen LogP contribution in [0.3, 0.4) is 0 Å². The molecule has 0 amide bonds. The maximum absolute atomic E-state index is 14.3. The molecular weight excluding hydrogens is 412 g/mol. The summed E-state index contributed by atoms with van der Waals surface area (Å²) in [6.07, 6.45) is 2.95. The van der Waals surface area contributed by atoms with Crippen molar-refractivity contribution in [2.45, 2.75) is 66.0 Å². The number of ketones is 1. The lowest BCUT2D eigenvalue weighted by Crippen LogP contribution is -3.26. The van der Waals surface area contributed by atoms with Gasteiger partial charge < -0.3 is 20.5 Å². The standard InChI is InChI=1S/C28H34N2O3/c1-17-12-19(3)25(20(4)13-17)29(32)27-24(31)16-28(27,23-10-8-7-9-11-23)30(33)26-21(5)14-18(2)15-22(26)6/h7-12,14-15,17,27,29-30H,13,16H2,1-6H3/t17?,27-,28?/m1/s1. The van der Waals surface area contributed by atoms with Gasteiger partial charge in [-0.05, 0) is 52.5 Å².